The normalized spacial score (nSPS) is 17.8. The van der Waals surface area contributed by atoms with Crippen LogP contribution in [0.25, 0.3) is 21.7 Å². The Balaban J connectivity index is 1.16. The van der Waals surface area contributed by atoms with E-state index in [1.165, 1.54) is 0 Å². The molecule has 5 heterocycles. The lowest BCUT2D eigenvalue weighted by Gasteiger charge is -2.23. The summed E-state index contributed by atoms with van der Waals surface area (Å²) in [6.07, 6.45) is 5.06. The number of benzene rings is 1. The molecular weight excluding hydrogens is 534 g/mol. The van der Waals surface area contributed by atoms with Gasteiger partial charge in [0.25, 0.3) is 5.91 Å². The molecule has 1 aliphatic carbocycles. The van der Waals surface area contributed by atoms with Gasteiger partial charge in [0.15, 0.2) is 0 Å². The number of fused-ring (bicyclic) bond motifs is 3. The lowest BCUT2D eigenvalue weighted by molar-refractivity contribution is 0.0982. The average molecular weight is 568 g/mol. The van der Waals surface area contributed by atoms with Gasteiger partial charge >= 0.3 is 0 Å². The van der Waals surface area contributed by atoms with Crippen LogP contribution in [-0.4, -0.2) is 59.9 Å². The fraction of sp³-hybridized carbons (Fsp3) is 0.344. The quantitative estimate of drug-likeness (QED) is 0.315. The number of rotatable bonds is 6. The van der Waals surface area contributed by atoms with Crippen LogP contribution >= 0.6 is 11.3 Å². The van der Waals surface area contributed by atoms with Crippen molar-refractivity contribution in [2.24, 2.45) is 0 Å². The number of carbonyl (C=O) groups excluding carboxylic acids is 1. The first-order chi connectivity index (χ1) is 20.1. The number of para-hydroxylation sites is 1. The Labute approximate surface area is 243 Å². The minimum absolute atomic E-state index is 0.121. The van der Waals surface area contributed by atoms with Crippen LogP contribution in [0.4, 0.5) is 11.5 Å². The topological polar surface area (TPSA) is 90.8 Å². The van der Waals surface area contributed by atoms with E-state index in [0.717, 1.165) is 82.6 Å². The highest BCUT2D eigenvalue weighted by Gasteiger charge is 2.30. The van der Waals surface area contributed by atoms with E-state index in [9.17, 15) is 9.90 Å². The number of thiophene rings is 1. The van der Waals surface area contributed by atoms with Crippen molar-refractivity contribution in [3.8, 4) is 21.7 Å². The van der Waals surface area contributed by atoms with Gasteiger partial charge in [0.05, 0.1) is 18.0 Å². The molecule has 0 spiro atoms. The second-order valence-corrected chi connectivity index (χ2v) is 11.9. The van der Waals surface area contributed by atoms with Gasteiger partial charge in [-0.1, -0.05) is 24.3 Å². The fourth-order valence-corrected chi connectivity index (χ4v) is 6.79. The van der Waals surface area contributed by atoms with E-state index < -0.39 is 6.23 Å². The Bertz CT molecular complexity index is 1560. The Morgan fingerprint density at radius 1 is 1.05 bits per heavy atom. The Kier molecular flexibility index (Phi) is 7.26. The molecule has 0 radical (unpaired) electrons. The molecule has 2 aliphatic heterocycles. The molecule has 2 N–H and O–H groups in total. The highest BCUT2D eigenvalue weighted by molar-refractivity contribution is 7.15. The third-order valence-corrected chi connectivity index (χ3v) is 9.18. The Morgan fingerprint density at radius 3 is 2.85 bits per heavy atom. The molecule has 9 heteroatoms. The molecule has 3 aliphatic rings. The van der Waals surface area contributed by atoms with E-state index >= 15 is 0 Å². The molecule has 210 valence electrons. The number of nitrogens with one attached hydrogen (secondary N) is 1. The summed E-state index contributed by atoms with van der Waals surface area (Å²) in [6, 6.07) is 20.2. The molecule has 4 aromatic rings. The van der Waals surface area contributed by atoms with Gasteiger partial charge in [-0.05, 0) is 67.6 Å². The van der Waals surface area contributed by atoms with E-state index in [1.807, 2.05) is 47.4 Å². The van der Waals surface area contributed by atoms with Crippen molar-refractivity contribution in [2.75, 3.05) is 42.6 Å². The largest absolute Gasteiger partial charge is 0.380 e. The molecule has 1 saturated carbocycles. The standard InChI is InChI=1S/C32H33N5O3S/c38-31(34-23-9-10-23)28-19-22-12-15-37(27-8-2-1-5-24(27)30(22)41-28)32(39)26-7-3-6-25(35-26)21-11-13-33-29(20-21)36-14-4-17-40-18-16-36/h1-3,5-8,11,13,19-20,23,31,34,38H,4,9-10,12,14-18H2. The highest BCUT2D eigenvalue weighted by atomic mass is 32.1. The van der Waals surface area contributed by atoms with E-state index in [0.29, 0.717) is 31.3 Å². The molecule has 1 amide bonds. The summed E-state index contributed by atoms with van der Waals surface area (Å²) in [7, 11) is 0. The summed E-state index contributed by atoms with van der Waals surface area (Å²) in [4.78, 5) is 29.6. The molecular formula is C32H33N5O3S. The predicted molar refractivity (Wildman–Crippen MR) is 161 cm³/mol. The number of aromatic nitrogens is 2. The van der Waals surface area contributed by atoms with Gasteiger partial charge in [-0.15, -0.1) is 11.3 Å². The second-order valence-electron chi connectivity index (χ2n) is 10.8. The number of ether oxygens (including phenoxy) is 1. The Morgan fingerprint density at radius 2 is 1.95 bits per heavy atom. The summed E-state index contributed by atoms with van der Waals surface area (Å²) in [6.45, 7) is 3.71. The van der Waals surface area contributed by atoms with Gasteiger partial charge in [0.1, 0.15) is 17.7 Å². The number of pyridine rings is 2. The molecule has 3 aromatic heterocycles. The summed E-state index contributed by atoms with van der Waals surface area (Å²) >= 11 is 1.61. The third kappa shape index (κ3) is 5.50. The number of aliphatic hydroxyl groups is 1. The van der Waals surface area contributed by atoms with Crippen LogP contribution in [0.15, 0.2) is 66.9 Å². The van der Waals surface area contributed by atoms with E-state index in [4.69, 9.17) is 9.72 Å². The van der Waals surface area contributed by atoms with Crippen LogP contribution in [0.1, 0.15) is 46.4 Å². The SMILES string of the molecule is O=C(c1cccc(-c2ccnc(N3CCCOCC3)c2)n1)N1CCc2cc(C(O)NC3CC3)sc2-c2ccccc21. The maximum atomic E-state index is 14.0. The number of anilines is 2. The monoisotopic (exact) mass is 567 g/mol. The summed E-state index contributed by atoms with van der Waals surface area (Å²) in [5, 5.41) is 14.0. The van der Waals surface area contributed by atoms with Crippen molar-refractivity contribution < 1.29 is 14.6 Å². The van der Waals surface area contributed by atoms with Crippen LogP contribution < -0.4 is 15.1 Å². The number of carbonyl (C=O) groups is 1. The number of hydrogen-bond acceptors (Lipinski definition) is 8. The smallest absolute Gasteiger partial charge is 0.276 e. The first-order valence-electron chi connectivity index (χ1n) is 14.4. The van der Waals surface area contributed by atoms with Gasteiger partial charge in [0.2, 0.25) is 0 Å². The fourth-order valence-electron chi connectivity index (χ4n) is 5.60. The molecule has 2 fully saturated rings. The number of amides is 1. The highest BCUT2D eigenvalue weighted by Crippen LogP contribution is 2.43. The third-order valence-electron chi connectivity index (χ3n) is 7.91. The summed E-state index contributed by atoms with van der Waals surface area (Å²) in [5.74, 6) is 0.778. The molecule has 1 aromatic carbocycles. The predicted octanol–water partition coefficient (Wildman–Crippen LogP) is 5.04. The van der Waals surface area contributed by atoms with Crippen LogP contribution in [0.2, 0.25) is 0 Å². The first-order valence-corrected chi connectivity index (χ1v) is 15.2. The van der Waals surface area contributed by atoms with Gasteiger partial charge in [0, 0.05) is 59.4 Å². The second kappa shape index (κ2) is 11.3. The molecule has 41 heavy (non-hydrogen) atoms. The zero-order valence-electron chi connectivity index (χ0n) is 22.8. The molecule has 1 unspecified atom stereocenters. The molecule has 1 saturated heterocycles. The first kappa shape index (κ1) is 26.3. The maximum absolute atomic E-state index is 14.0. The zero-order chi connectivity index (χ0) is 27.8. The lowest BCUT2D eigenvalue weighted by Crippen LogP contribution is -2.33. The van der Waals surface area contributed by atoms with Crippen molar-refractivity contribution in [3.05, 3.63) is 83.0 Å². The number of aliphatic hydroxyl groups excluding tert-OH is 1. The van der Waals surface area contributed by atoms with Crippen LogP contribution in [-0.2, 0) is 11.2 Å². The van der Waals surface area contributed by atoms with E-state index in [1.54, 1.807) is 23.6 Å². The summed E-state index contributed by atoms with van der Waals surface area (Å²) in [5.41, 5.74) is 5.13. The van der Waals surface area contributed by atoms with Crippen LogP contribution in [0.5, 0.6) is 0 Å². The molecule has 1 atom stereocenters. The van der Waals surface area contributed by atoms with Crippen molar-refractivity contribution >= 4 is 28.7 Å². The van der Waals surface area contributed by atoms with Crippen molar-refractivity contribution in [1.82, 2.24) is 15.3 Å². The minimum atomic E-state index is -0.655. The van der Waals surface area contributed by atoms with Gasteiger partial charge < -0.3 is 19.6 Å². The number of nitrogens with zero attached hydrogens (tertiary/aromatic N) is 4. The van der Waals surface area contributed by atoms with E-state index in [-0.39, 0.29) is 5.91 Å². The maximum Gasteiger partial charge on any atom is 0.276 e. The van der Waals surface area contributed by atoms with Gasteiger partial charge in [-0.2, -0.15) is 0 Å². The van der Waals surface area contributed by atoms with Crippen molar-refractivity contribution in [3.63, 3.8) is 0 Å². The Hall–Kier alpha value is -3.63. The van der Waals surface area contributed by atoms with Crippen LogP contribution in [0.3, 0.4) is 0 Å². The number of hydrogen-bond donors (Lipinski definition) is 2. The lowest BCUT2D eigenvalue weighted by atomic mass is 10.1. The van der Waals surface area contributed by atoms with E-state index in [2.05, 4.69) is 27.3 Å². The van der Waals surface area contributed by atoms with Gasteiger partial charge in [-0.3, -0.25) is 10.1 Å². The summed E-state index contributed by atoms with van der Waals surface area (Å²) < 4.78 is 5.60. The zero-order valence-corrected chi connectivity index (χ0v) is 23.6. The average Bonchev–Trinajstić information content (AvgIpc) is 3.81. The van der Waals surface area contributed by atoms with Gasteiger partial charge in [-0.25, -0.2) is 9.97 Å². The molecule has 0 bridgehead atoms. The van der Waals surface area contributed by atoms with Crippen molar-refractivity contribution in [2.45, 2.75) is 38.0 Å². The molecule has 7 rings (SSSR count). The van der Waals surface area contributed by atoms with Crippen LogP contribution in [0, 0.1) is 0 Å². The minimum Gasteiger partial charge on any atom is -0.380 e. The molecule has 8 nitrogen and oxygen atoms in total. The van der Waals surface area contributed by atoms with Crippen molar-refractivity contribution in [1.29, 1.82) is 0 Å².